The Morgan fingerprint density at radius 2 is 1.88 bits per heavy atom. The molecule has 0 fully saturated rings. The van der Waals surface area contributed by atoms with Crippen molar-refractivity contribution in [2.45, 2.75) is 19.1 Å². The zero-order valence-electron chi connectivity index (χ0n) is 10.3. The van der Waals surface area contributed by atoms with Crippen LogP contribution in [0.5, 0.6) is 0 Å². The molecule has 1 aromatic rings. The molecule has 1 aromatic carbocycles. The third kappa shape index (κ3) is 3.59. The van der Waals surface area contributed by atoms with Gasteiger partial charge in [-0.1, -0.05) is 37.3 Å². The molecule has 1 rings (SSSR count). The van der Waals surface area contributed by atoms with E-state index in [1.54, 1.807) is 14.2 Å². The predicted octanol–water partition coefficient (Wildman–Crippen LogP) is 2.00. The lowest BCUT2D eigenvalue weighted by Gasteiger charge is -2.26. The maximum atomic E-state index is 5.56. The lowest BCUT2D eigenvalue weighted by molar-refractivity contribution is 0.0340. The Hall–Kier alpha value is -0.900. The van der Waals surface area contributed by atoms with Gasteiger partial charge in [0.1, 0.15) is 0 Å². The van der Waals surface area contributed by atoms with Gasteiger partial charge in [0.2, 0.25) is 0 Å². The highest BCUT2D eigenvalue weighted by Crippen LogP contribution is 2.20. The molecular formula is C13H21NO2. The van der Waals surface area contributed by atoms with Gasteiger partial charge in [0.05, 0.1) is 18.8 Å². The zero-order valence-corrected chi connectivity index (χ0v) is 10.3. The molecule has 2 unspecified atom stereocenters. The van der Waals surface area contributed by atoms with Gasteiger partial charge in [-0.2, -0.15) is 0 Å². The van der Waals surface area contributed by atoms with Gasteiger partial charge >= 0.3 is 0 Å². The molecule has 1 N–H and O–H groups in total. The topological polar surface area (TPSA) is 30.5 Å². The van der Waals surface area contributed by atoms with Gasteiger partial charge in [-0.05, 0) is 12.1 Å². The number of nitrogens with one attached hydrogen (secondary N) is 1. The predicted molar refractivity (Wildman–Crippen MR) is 65.5 cm³/mol. The van der Waals surface area contributed by atoms with Crippen LogP contribution in [0.1, 0.15) is 18.6 Å². The van der Waals surface area contributed by atoms with Gasteiger partial charge < -0.3 is 14.8 Å². The van der Waals surface area contributed by atoms with Crippen LogP contribution in [0.3, 0.4) is 0 Å². The average molecular weight is 223 g/mol. The van der Waals surface area contributed by atoms with Crippen LogP contribution < -0.4 is 5.32 Å². The summed E-state index contributed by atoms with van der Waals surface area (Å²) in [6.07, 6.45) is 0.0288. The Morgan fingerprint density at radius 1 is 1.19 bits per heavy atom. The van der Waals surface area contributed by atoms with Gasteiger partial charge in [-0.25, -0.2) is 0 Å². The number of benzene rings is 1. The van der Waals surface area contributed by atoms with Gasteiger partial charge in [0, 0.05) is 14.2 Å². The summed E-state index contributed by atoms with van der Waals surface area (Å²) in [7, 11) is 3.44. The summed E-state index contributed by atoms with van der Waals surface area (Å²) in [5.74, 6) is 0. The summed E-state index contributed by atoms with van der Waals surface area (Å²) in [5, 5.41) is 3.38. The van der Waals surface area contributed by atoms with Crippen molar-refractivity contribution in [3.63, 3.8) is 0 Å². The standard InChI is InChI=1S/C13H21NO2/c1-4-14-12(10-15-2)13(16-3)11-8-6-5-7-9-11/h5-9,12-14H,4,10H2,1-3H3. The highest BCUT2D eigenvalue weighted by Gasteiger charge is 2.21. The molecular weight excluding hydrogens is 202 g/mol. The number of hydrogen-bond acceptors (Lipinski definition) is 3. The number of methoxy groups -OCH3 is 2. The molecule has 0 heterocycles. The molecule has 0 aliphatic carbocycles. The Labute approximate surface area is 97.8 Å². The van der Waals surface area contributed by atoms with E-state index in [2.05, 4.69) is 24.4 Å². The first-order valence-electron chi connectivity index (χ1n) is 5.63. The molecule has 0 bridgehead atoms. The van der Waals surface area contributed by atoms with Crippen molar-refractivity contribution < 1.29 is 9.47 Å². The maximum absolute atomic E-state index is 5.56. The van der Waals surface area contributed by atoms with Gasteiger partial charge in [0.25, 0.3) is 0 Å². The first-order valence-corrected chi connectivity index (χ1v) is 5.63. The van der Waals surface area contributed by atoms with Crippen molar-refractivity contribution in [2.24, 2.45) is 0 Å². The molecule has 0 saturated carbocycles. The maximum Gasteiger partial charge on any atom is 0.0996 e. The second-order valence-corrected chi connectivity index (χ2v) is 3.69. The van der Waals surface area contributed by atoms with Crippen molar-refractivity contribution in [3.8, 4) is 0 Å². The fraction of sp³-hybridized carbons (Fsp3) is 0.538. The van der Waals surface area contributed by atoms with E-state index in [0.29, 0.717) is 6.61 Å². The highest BCUT2D eigenvalue weighted by atomic mass is 16.5. The molecule has 0 saturated heterocycles. The van der Waals surface area contributed by atoms with Crippen LogP contribution in [0.15, 0.2) is 30.3 Å². The van der Waals surface area contributed by atoms with E-state index in [-0.39, 0.29) is 12.1 Å². The summed E-state index contributed by atoms with van der Waals surface area (Å²) >= 11 is 0. The second-order valence-electron chi connectivity index (χ2n) is 3.69. The SMILES string of the molecule is CCNC(COC)C(OC)c1ccccc1. The highest BCUT2D eigenvalue weighted by molar-refractivity contribution is 5.19. The third-order valence-corrected chi connectivity index (χ3v) is 2.56. The Morgan fingerprint density at radius 3 is 2.38 bits per heavy atom. The summed E-state index contributed by atoms with van der Waals surface area (Å²) < 4.78 is 10.8. The van der Waals surface area contributed by atoms with Crippen LogP contribution in [0.4, 0.5) is 0 Å². The molecule has 0 aliphatic rings. The quantitative estimate of drug-likeness (QED) is 0.767. The smallest absolute Gasteiger partial charge is 0.0996 e. The molecule has 0 aliphatic heterocycles. The van der Waals surface area contributed by atoms with Crippen molar-refractivity contribution in [1.82, 2.24) is 5.32 Å². The van der Waals surface area contributed by atoms with Crippen LogP contribution in [0, 0.1) is 0 Å². The van der Waals surface area contributed by atoms with Crippen LogP contribution in [-0.2, 0) is 9.47 Å². The molecule has 90 valence electrons. The summed E-state index contributed by atoms with van der Waals surface area (Å²) in [6.45, 7) is 3.63. The van der Waals surface area contributed by atoms with E-state index in [1.807, 2.05) is 18.2 Å². The normalized spacial score (nSPS) is 14.7. The minimum absolute atomic E-state index is 0.0288. The molecule has 3 heteroatoms. The largest absolute Gasteiger partial charge is 0.383 e. The van der Waals surface area contributed by atoms with Gasteiger partial charge in [-0.3, -0.25) is 0 Å². The van der Waals surface area contributed by atoms with Crippen molar-refractivity contribution in [1.29, 1.82) is 0 Å². The van der Waals surface area contributed by atoms with Crippen LogP contribution in [-0.4, -0.2) is 33.4 Å². The van der Waals surface area contributed by atoms with Gasteiger partial charge in [-0.15, -0.1) is 0 Å². The Balaban J connectivity index is 2.77. The molecule has 0 spiro atoms. The van der Waals surface area contributed by atoms with E-state index in [1.165, 1.54) is 5.56 Å². The lowest BCUT2D eigenvalue weighted by Crippen LogP contribution is -2.39. The number of hydrogen-bond donors (Lipinski definition) is 1. The molecule has 0 radical (unpaired) electrons. The third-order valence-electron chi connectivity index (χ3n) is 2.56. The molecule has 16 heavy (non-hydrogen) atoms. The van der Waals surface area contributed by atoms with E-state index in [9.17, 15) is 0 Å². The lowest BCUT2D eigenvalue weighted by atomic mass is 10.0. The van der Waals surface area contributed by atoms with Crippen LogP contribution in [0.25, 0.3) is 0 Å². The second kappa shape index (κ2) is 7.39. The fourth-order valence-electron chi connectivity index (χ4n) is 1.87. The summed E-state index contributed by atoms with van der Waals surface area (Å²) in [4.78, 5) is 0. The Bertz CT molecular complexity index is 271. The number of ether oxygens (including phenoxy) is 2. The average Bonchev–Trinajstić information content (AvgIpc) is 2.32. The first-order chi connectivity index (χ1) is 7.83. The molecule has 2 atom stereocenters. The van der Waals surface area contributed by atoms with Crippen molar-refractivity contribution >= 4 is 0 Å². The van der Waals surface area contributed by atoms with E-state index >= 15 is 0 Å². The van der Waals surface area contributed by atoms with Gasteiger partial charge in [0.15, 0.2) is 0 Å². The number of likely N-dealkylation sites (N-methyl/N-ethyl adjacent to an activating group) is 1. The van der Waals surface area contributed by atoms with Crippen LogP contribution >= 0.6 is 0 Å². The number of rotatable bonds is 7. The van der Waals surface area contributed by atoms with Crippen molar-refractivity contribution in [2.75, 3.05) is 27.4 Å². The molecule has 3 nitrogen and oxygen atoms in total. The van der Waals surface area contributed by atoms with E-state index in [0.717, 1.165) is 6.54 Å². The first kappa shape index (κ1) is 13.2. The fourth-order valence-corrected chi connectivity index (χ4v) is 1.87. The summed E-state index contributed by atoms with van der Waals surface area (Å²) in [5.41, 5.74) is 1.17. The van der Waals surface area contributed by atoms with Crippen molar-refractivity contribution in [3.05, 3.63) is 35.9 Å². The van der Waals surface area contributed by atoms with E-state index in [4.69, 9.17) is 9.47 Å². The molecule has 0 aromatic heterocycles. The monoisotopic (exact) mass is 223 g/mol. The van der Waals surface area contributed by atoms with Crippen LogP contribution in [0.2, 0.25) is 0 Å². The zero-order chi connectivity index (χ0) is 11.8. The minimum atomic E-state index is 0.0288. The minimum Gasteiger partial charge on any atom is -0.383 e. The van der Waals surface area contributed by atoms with E-state index < -0.39 is 0 Å². The Kier molecular flexibility index (Phi) is 6.08. The summed E-state index contributed by atoms with van der Waals surface area (Å²) in [6, 6.07) is 10.4. The molecule has 0 amide bonds.